The zero-order valence-electron chi connectivity index (χ0n) is 18.1. The average molecular weight is 443 g/mol. The van der Waals surface area contributed by atoms with Gasteiger partial charge in [-0.1, -0.05) is 0 Å². The number of aromatic nitrogens is 2. The Bertz CT molecular complexity index is 1150. The van der Waals surface area contributed by atoms with Gasteiger partial charge in [-0.3, -0.25) is 19.0 Å². The van der Waals surface area contributed by atoms with Gasteiger partial charge in [-0.2, -0.15) is 0 Å². The highest BCUT2D eigenvalue weighted by Gasteiger charge is 2.14. The summed E-state index contributed by atoms with van der Waals surface area (Å²) in [6, 6.07) is 7.23. The van der Waals surface area contributed by atoms with Crippen LogP contribution in [-0.4, -0.2) is 42.1 Å². The molecule has 164 valence electrons. The summed E-state index contributed by atoms with van der Waals surface area (Å²) in [4.78, 5) is 44.9. The van der Waals surface area contributed by atoms with Crippen molar-refractivity contribution >= 4 is 39.1 Å². The van der Waals surface area contributed by atoms with E-state index in [-0.39, 0.29) is 23.9 Å². The van der Waals surface area contributed by atoms with Gasteiger partial charge in [-0.15, -0.1) is 11.3 Å². The molecule has 2 aromatic heterocycles. The fourth-order valence-corrected chi connectivity index (χ4v) is 4.17. The standard InChI is InChI=1S/C22H26N4O4S/c1-14-15(2)31-21-20(14)22(29)26(13-24-21)12-18(27)23-11-5-6-19(28)25(3)16-7-9-17(30-4)10-8-16/h7-10,13H,5-6,11-12H2,1-4H3,(H,23,27). The predicted molar refractivity (Wildman–Crippen MR) is 122 cm³/mol. The first kappa shape index (κ1) is 22.5. The van der Waals surface area contributed by atoms with E-state index in [1.807, 2.05) is 26.0 Å². The van der Waals surface area contributed by atoms with Crippen LogP contribution in [-0.2, 0) is 16.1 Å². The third-order valence-corrected chi connectivity index (χ3v) is 6.31. The van der Waals surface area contributed by atoms with Gasteiger partial charge in [0, 0.05) is 30.6 Å². The van der Waals surface area contributed by atoms with Gasteiger partial charge in [0.1, 0.15) is 17.1 Å². The predicted octanol–water partition coefficient (Wildman–Crippen LogP) is 2.64. The Morgan fingerprint density at radius 1 is 1.23 bits per heavy atom. The number of ether oxygens (including phenoxy) is 1. The highest BCUT2D eigenvalue weighted by Crippen LogP contribution is 2.25. The molecule has 1 N–H and O–H groups in total. The van der Waals surface area contributed by atoms with E-state index in [0.29, 0.717) is 29.6 Å². The maximum atomic E-state index is 12.7. The minimum absolute atomic E-state index is 0.0476. The van der Waals surface area contributed by atoms with Gasteiger partial charge in [0.25, 0.3) is 5.56 Å². The molecule has 3 rings (SSSR count). The molecule has 0 aliphatic heterocycles. The molecule has 3 aromatic rings. The van der Waals surface area contributed by atoms with Gasteiger partial charge in [0.2, 0.25) is 11.8 Å². The minimum Gasteiger partial charge on any atom is -0.497 e. The lowest BCUT2D eigenvalue weighted by atomic mass is 10.2. The van der Waals surface area contributed by atoms with Crippen LogP contribution in [0, 0.1) is 13.8 Å². The quantitative estimate of drug-likeness (QED) is 0.542. The smallest absolute Gasteiger partial charge is 0.262 e. The molecule has 8 nitrogen and oxygen atoms in total. The van der Waals surface area contributed by atoms with Gasteiger partial charge in [-0.05, 0) is 50.1 Å². The van der Waals surface area contributed by atoms with E-state index in [0.717, 1.165) is 21.9 Å². The van der Waals surface area contributed by atoms with Crippen molar-refractivity contribution in [3.8, 4) is 5.75 Å². The van der Waals surface area contributed by atoms with Crippen LogP contribution in [0.1, 0.15) is 23.3 Å². The normalized spacial score (nSPS) is 10.8. The number of carbonyl (C=O) groups is 2. The molecular weight excluding hydrogens is 416 g/mol. The summed E-state index contributed by atoms with van der Waals surface area (Å²) >= 11 is 1.48. The van der Waals surface area contributed by atoms with Crippen molar-refractivity contribution < 1.29 is 14.3 Å². The van der Waals surface area contributed by atoms with Gasteiger partial charge >= 0.3 is 0 Å². The van der Waals surface area contributed by atoms with Crippen molar-refractivity contribution in [3.05, 3.63) is 51.4 Å². The van der Waals surface area contributed by atoms with Gasteiger partial charge in [0.15, 0.2) is 0 Å². The molecular formula is C22H26N4O4S. The van der Waals surface area contributed by atoms with Crippen molar-refractivity contribution in [1.29, 1.82) is 0 Å². The number of methoxy groups -OCH3 is 1. The van der Waals surface area contributed by atoms with E-state index in [2.05, 4.69) is 10.3 Å². The summed E-state index contributed by atoms with van der Waals surface area (Å²) in [5.41, 5.74) is 1.47. The number of amides is 2. The second-order valence-electron chi connectivity index (χ2n) is 7.25. The second kappa shape index (κ2) is 9.74. The van der Waals surface area contributed by atoms with Gasteiger partial charge in [-0.25, -0.2) is 4.98 Å². The Hall–Kier alpha value is -3.20. The molecule has 0 radical (unpaired) electrons. The number of benzene rings is 1. The number of thiophene rings is 1. The molecule has 0 spiro atoms. The Kier molecular flexibility index (Phi) is 7.06. The van der Waals surface area contributed by atoms with Crippen molar-refractivity contribution in [2.75, 3.05) is 25.6 Å². The van der Waals surface area contributed by atoms with E-state index in [4.69, 9.17) is 4.74 Å². The Morgan fingerprint density at radius 3 is 2.61 bits per heavy atom. The number of fused-ring (bicyclic) bond motifs is 1. The minimum atomic E-state index is -0.288. The lowest BCUT2D eigenvalue weighted by molar-refractivity contribution is -0.122. The number of nitrogens with zero attached hydrogens (tertiary/aromatic N) is 3. The molecule has 2 amide bonds. The molecule has 0 aliphatic rings. The molecule has 0 atom stereocenters. The first-order chi connectivity index (χ1) is 14.8. The molecule has 0 saturated carbocycles. The number of rotatable bonds is 8. The zero-order chi connectivity index (χ0) is 22.5. The lowest BCUT2D eigenvalue weighted by Gasteiger charge is -2.17. The van der Waals surface area contributed by atoms with Crippen molar-refractivity contribution in [3.63, 3.8) is 0 Å². The molecule has 2 heterocycles. The Balaban J connectivity index is 1.48. The molecule has 0 bridgehead atoms. The number of nitrogens with one attached hydrogen (secondary N) is 1. The summed E-state index contributed by atoms with van der Waals surface area (Å²) in [5, 5.41) is 3.34. The van der Waals surface area contributed by atoms with Crippen molar-refractivity contribution in [2.45, 2.75) is 33.2 Å². The zero-order valence-corrected chi connectivity index (χ0v) is 18.9. The fraction of sp³-hybridized carbons (Fsp3) is 0.364. The number of anilines is 1. The number of hydrogen-bond donors (Lipinski definition) is 1. The third-order valence-electron chi connectivity index (χ3n) is 5.19. The maximum Gasteiger partial charge on any atom is 0.262 e. The Morgan fingerprint density at radius 2 is 1.94 bits per heavy atom. The first-order valence-electron chi connectivity index (χ1n) is 9.94. The summed E-state index contributed by atoms with van der Waals surface area (Å²) in [6.07, 6.45) is 2.21. The summed E-state index contributed by atoms with van der Waals surface area (Å²) in [5.74, 6) is 0.391. The average Bonchev–Trinajstić information content (AvgIpc) is 3.06. The van der Waals surface area contributed by atoms with Crippen LogP contribution in [0.4, 0.5) is 5.69 Å². The summed E-state index contributed by atoms with van der Waals surface area (Å²) in [6.45, 7) is 4.09. The summed E-state index contributed by atoms with van der Waals surface area (Å²) < 4.78 is 6.44. The van der Waals surface area contributed by atoms with E-state index >= 15 is 0 Å². The highest BCUT2D eigenvalue weighted by molar-refractivity contribution is 7.18. The topological polar surface area (TPSA) is 93.5 Å². The van der Waals surface area contributed by atoms with Gasteiger partial charge in [0.05, 0.1) is 18.8 Å². The van der Waals surface area contributed by atoms with E-state index in [1.165, 1.54) is 22.2 Å². The van der Waals surface area contributed by atoms with Crippen LogP contribution in [0.15, 0.2) is 35.4 Å². The molecule has 31 heavy (non-hydrogen) atoms. The van der Waals surface area contributed by atoms with Crippen LogP contribution in [0.5, 0.6) is 5.75 Å². The molecule has 9 heteroatoms. The van der Waals surface area contributed by atoms with Crippen LogP contribution >= 0.6 is 11.3 Å². The lowest BCUT2D eigenvalue weighted by Crippen LogP contribution is -2.33. The molecule has 1 aromatic carbocycles. The number of carbonyl (C=O) groups excluding carboxylic acids is 2. The number of aryl methyl sites for hydroxylation is 2. The van der Waals surface area contributed by atoms with Crippen LogP contribution < -0.4 is 20.5 Å². The van der Waals surface area contributed by atoms with Gasteiger partial charge < -0.3 is 15.0 Å². The monoisotopic (exact) mass is 442 g/mol. The second-order valence-corrected chi connectivity index (χ2v) is 8.45. The first-order valence-corrected chi connectivity index (χ1v) is 10.8. The van der Waals surface area contributed by atoms with E-state index < -0.39 is 0 Å². The van der Waals surface area contributed by atoms with Crippen LogP contribution in [0.25, 0.3) is 10.2 Å². The van der Waals surface area contributed by atoms with E-state index in [1.54, 1.807) is 31.2 Å². The largest absolute Gasteiger partial charge is 0.497 e. The van der Waals surface area contributed by atoms with Crippen LogP contribution in [0.2, 0.25) is 0 Å². The van der Waals surface area contributed by atoms with Crippen LogP contribution in [0.3, 0.4) is 0 Å². The van der Waals surface area contributed by atoms with Crippen molar-refractivity contribution in [1.82, 2.24) is 14.9 Å². The third kappa shape index (κ3) is 5.11. The fourth-order valence-electron chi connectivity index (χ4n) is 3.18. The molecule has 0 fully saturated rings. The van der Waals surface area contributed by atoms with E-state index in [9.17, 15) is 14.4 Å². The molecule has 0 aliphatic carbocycles. The highest BCUT2D eigenvalue weighted by atomic mass is 32.1. The van der Waals surface area contributed by atoms with Crippen molar-refractivity contribution in [2.24, 2.45) is 0 Å². The maximum absolute atomic E-state index is 12.7. The molecule has 0 unspecified atom stereocenters. The summed E-state index contributed by atoms with van der Waals surface area (Å²) in [7, 11) is 3.31. The SMILES string of the molecule is COc1ccc(N(C)C(=O)CCCNC(=O)Cn2cnc3sc(C)c(C)c3c2=O)cc1. The number of hydrogen-bond acceptors (Lipinski definition) is 6. The molecule has 0 saturated heterocycles. The Labute approximate surface area is 184 Å².